The van der Waals surface area contributed by atoms with Crippen LogP contribution in [0, 0.1) is 43.6 Å². The Balaban J connectivity index is 0.0000336. The quantitative estimate of drug-likeness (QED) is 0.0154. The van der Waals surface area contributed by atoms with Gasteiger partial charge in [0.2, 0.25) is 5.00 Å². The first-order valence-electron chi connectivity index (χ1n) is 30.4. The first-order valence-corrected chi connectivity index (χ1v) is 31.2. The topological polar surface area (TPSA) is 217 Å². The summed E-state index contributed by atoms with van der Waals surface area (Å²) < 4.78 is 27.9. The summed E-state index contributed by atoms with van der Waals surface area (Å²) >= 11 is 1.12. The van der Waals surface area contributed by atoms with Gasteiger partial charge in [0.05, 0.1) is 70.3 Å². The minimum atomic E-state index is -1.28. The van der Waals surface area contributed by atoms with Gasteiger partial charge in [0.15, 0.2) is 0 Å². The summed E-state index contributed by atoms with van der Waals surface area (Å²) in [6.07, 6.45) is 37.1. The average Bonchev–Trinajstić information content (AvgIpc) is 4.02. The maximum atomic E-state index is 12.6. The van der Waals surface area contributed by atoms with E-state index in [1.807, 2.05) is 49.4 Å². The number of anilines is 1. The number of aryl methyl sites for hydroxylation is 1. The van der Waals surface area contributed by atoms with Crippen molar-refractivity contribution in [1.82, 2.24) is 0 Å². The number of carbonyl (C=O) groups excluding carboxylic acids is 4. The minimum Gasteiger partial charge on any atom is -0.550 e. The molecule has 1 aromatic carbocycles. The number of hydrogen-bond donors (Lipinski definition) is 0. The molecule has 0 saturated heterocycles. The molecule has 2 aromatic rings. The van der Waals surface area contributed by atoms with Crippen LogP contribution in [-0.4, -0.2) is 89.8 Å². The Morgan fingerprint density at radius 1 is 0.614 bits per heavy atom. The summed E-state index contributed by atoms with van der Waals surface area (Å²) in [5.41, 5.74) is 3.16. The van der Waals surface area contributed by atoms with Gasteiger partial charge in [-0.15, -0.1) is 21.6 Å². The molecule has 0 fully saturated rings. The van der Waals surface area contributed by atoms with E-state index in [4.69, 9.17) is 30.3 Å². The molecule has 452 valence electrons. The molecule has 2 rings (SSSR count). The summed E-state index contributed by atoms with van der Waals surface area (Å²) in [5.74, 6) is -5.74. The van der Waals surface area contributed by atoms with Gasteiger partial charge in [-0.25, -0.2) is 4.85 Å². The van der Waals surface area contributed by atoms with E-state index in [0.717, 1.165) is 61.1 Å². The van der Waals surface area contributed by atoms with Gasteiger partial charge < -0.3 is 48.4 Å². The number of nitriles is 1. The van der Waals surface area contributed by atoms with E-state index in [9.17, 15) is 34.7 Å². The van der Waals surface area contributed by atoms with E-state index in [1.54, 1.807) is 6.92 Å². The number of carboxylic acids is 2. The van der Waals surface area contributed by atoms with Crippen molar-refractivity contribution >= 4 is 56.6 Å². The van der Waals surface area contributed by atoms with Gasteiger partial charge >= 0.3 is 71.1 Å². The number of allylic oxidation sites excluding steroid dienone is 4. The molecule has 1 aromatic heterocycles. The van der Waals surface area contributed by atoms with Gasteiger partial charge in [0.25, 0.3) is 0 Å². The number of thiophene rings is 1. The molecule has 0 amide bonds. The first-order chi connectivity index (χ1) is 39.4. The molecule has 0 aliphatic heterocycles. The fraction of sp³-hybridized carbons (Fsp3) is 0.688. The van der Waals surface area contributed by atoms with Gasteiger partial charge in [0.1, 0.15) is 24.3 Å². The Morgan fingerprint density at radius 3 is 1.42 bits per heavy atom. The van der Waals surface area contributed by atoms with Crippen LogP contribution in [0.2, 0.25) is 0 Å². The van der Waals surface area contributed by atoms with Gasteiger partial charge in [-0.1, -0.05) is 167 Å². The monoisotopic (exact) mass is 1190 g/mol. The van der Waals surface area contributed by atoms with Crippen molar-refractivity contribution < 1.29 is 112 Å². The Kier molecular flexibility index (Phi) is 51.7. The predicted molar refractivity (Wildman–Crippen MR) is 318 cm³/mol. The van der Waals surface area contributed by atoms with Crippen LogP contribution in [0.15, 0.2) is 52.7 Å². The molecule has 0 N–H and O–H groups in total. The number of carbonyl (C=O) groups is 4. The van der Waals surface area contributed by atoms with E-state index in [2.05, 4.69) is 39.9 Å². The Labute approximate surface area is 546 Å². The zero-order valence-electron chi connectivity index (χ0n) is 51.7. The van der Waals surface area contributed by atoms with E-state index in [0.29, 0.717) is 46.5 Å². The number of rotatable bonds is 52. The molecular weight excluding hydrogens is 1090 g/mol. The standard InChI is InChI=1S/C64H99N5O11S.2Na/c1-6-8-10-12-14-16-18-20-22-24-26-28-30-32-34-54(63(72)73)49-59(70)79-46-44-77-41-39-69(56-36-37-58(52(3)48-56)67-68-62-57(51-65)53(4)61(66-5)81-62)38-40-76-42-43-78-45-47-80-60(71)50-55(64(74)75)35-33-31-29-27-25-23-21-19-17-15-13-11-9-7-2;;/h30-33,36-37,48,54-55H,6-29,34-35,38-47,49-50H2,1-4H3,(H,72,73)(H,74,75);;/q;2*+1/p-2/b32-30+,33-31+,68-67?;;. The van der Waals surface area contributed by atoms with Crippen LogP contribution < -0.4 is 74.2 Å². The fourth-order valence-electron chi connectivity index (χ4n) is 9.07. The molecular formula is C64H97N5Na2O11S. The second-order valence-electron chi connectivity index (χ2n) is 20.9. The van der Waals surface area contributed by atoms with Crippen LogP contribution in [0.25, 0.3) is 4.85 Å². The second kappa shape index (κ2) is 54.0. The molecule has 0 aliphatic rings. The Morgan fingerprint density at radius 2 is 1.02 bits per heavy atom. The molecule has 0 radical (unpaired) electrons. The predicted octanol–water partition coefficient (Wildman–Crippen LogP) is 7.96. The third-order valence-electron chi connectivity index (χ3n) is 14.1. The van der Waals surface area contributed by atoms with Crippen molar-refractivity contribution in [2.24, 2.45) is 22.1 Å². The van der Waals surface area contributed by atoms with Gasteiger partial charge in [-0.05, 0) is 81.7 Å². The van der Waals surface area contributed by atoms with E-state index < -0.39 is 35.7 Å². The maximum Gasteiger partial charge on any atom is 1.00 e. The summed E-state index contributed by atoms with van der Waals surface area (Å²) in [7, 11) is 0. The molecule has 1 heterocycles. The molecule has 0 saturated carbocycles. The van der Waals surface area contributed by atoms with Gasteiger partial charge in [0, 0.05) is 42.6 Å². The average molecular weight is 1190 g/mol. The van der Waals surface area contributed by atoms with Crippen LogP contribution in [0.1, 0.15) is 210 Å². The molecule has 19 heteroatoms. The molecule has 2 unspecified atom stereocenters. The summed E-state index contributed by atoms with van der Waals surface area (Å²) in [6, 6.07) is 7.77. The number of unbranched alkanes of at least 4 members (excludes halogenated alkanes) is 22. The molecule has 16 nitrogen and oxygen atoms in total. The maximum absolute atomic E-state index is 12.6. The molecule has 0 spiro atoms. The molecule has 0 aliphatic carbocycles. The van der Waals surface area contributed by atoms with Gasteiger partial charge in [-0.2, -0.15) is 5.26 Å². The molecule has 2 atom stereocenters. The molecule has 0 bridgehead atoms. The largest absolute Gasteiger partial charge is 1.00 e. The third kappa shape index (κ3) is 39.8. The van der Waals surface area contributed by atoms with Crippen molar-refractivity contribution in [2.45, 2.75) is 207 Å². The number of ether oxygens (including phenoxy) is 5. The van der Waals surface area contributed by atoms with Crippen molar-refractivity contribution in [3.05, 3.63) is 70.6 Å². The van der Waals surface area contributed by atoms with Crippen molar-refractivity contribution in [3.63, 3.8) is 0 Å². The van der Waals surface area contributed by atoms with Crippen LogP contribution >= 0.6 is 11.3 Å². The van der Waals surface area contributed by atoms with Gasteiger partial charge in [-0.3, -0.25) is 9.59 Å². The second-order valence-corrected chi connectivity index (χ2v) is 21.9. The summed E-state index contributed by atoms with van der Waals surface area (Å²) in [5, 5.41) is 42.7. The first kappa shape index (κ1) is 79.5. The normalized spacial score (nSPS) is 12.0. The van der Waals surface area contributed by atoms with E-state index in [1.165, 1.54) is 116 Å². The Bertz CT molecular complexity index is 2230. The van der Waals surface area contributed by atoms with Crippen molar-refractivity contribution in [3.8, 4) is 6.07 Å². The smallest absolute Gasteiger partial charge is 0.550 e. The zero-order chi connectivity index (χ0) is 59.0. The SMILES string of the molecule is [C-]#[N+]c1sc(N=Nc2ccc(N(CCOCCOCCOC(=O)CC(C/C=C/CCCCCCCCCCCCC)C(=O)[O-])CCOCCOC(=O)CC(C/C=C/CCCCCCCCCCCCC)C(=O)[O-])cc2C)c(C#N)c1C.[Na+].[Na+]. The number of nitrogens with zero attached hydrogens (tertiary/aromatic N) is 5. The number of carboxylic acid groups (broad SMARTS) is 2. The van der Waals surface area contributed by atoms with Crippen LogP contribution in [-0.2, 0) is 42.9 Å². The van der Waals surface area contributed by atoms with Crippen LogP contribution in [0.3, 0.4) is 0 Å². The van der Waals surface area contributed by atoms with E-state index in [-0.39, 0.29) is 131 Å². The number of benzene rings is 1. The van der Waals surface area contributed by atoms with Crippen molar-refractivity contribution in [2.75, 3.05) is 70.8 Å². The van der Waals surface area contributed by atoms with E-state index >= 15 is 0 Å². The number of azo groups is 1. The van der Waals surface area contributed by atoms with Crippen molar-refractivity contribution in [1.29, 1.82) is 5.26 Å². The fourth-order valence-corrected chi connectivity index (χ4v) is 9.94. The molecule has 83 heavy (non-hydrogen) atoms. The number of hydrogen-bond acceptors (Lipinski definition) is 16. The zero-order valence-corrected chi connectivity index (χ0v) is 56.5. The summed E-state index contributed by atoms with van der Waals surface area (Å²) in [6.45, 7) is 17.6. The third-order valence-corrected chi connectivity index (χ3v) is 15.2. The summed E-state index contributed by atoms with van der Waals surface area (Å²) in [4.78, 5) is 54.2. The van der Waals surface area contributed by atoms with Crippen LogP contribution in [0.5, 0.6) is 0 Å². The number of esters is 2. The van der Waals surface area contributed by atoms with Crippen LogP contribution in [0.4, 0.5) is 21.4 Å². The Hall–Kier alpha value is -3.46. The minimum absolute atomic E-state index is 0. The number of aliphatic carboxylic acids is 2.